The normalized spacial score (nSPS) is 12.0. The van der Waals surface area contributed by atoms with Crippen molar-refractivity contribution in [3.63, 3.8) is 0 Å². The van der Waals surface area contributed by atoms with Crippen molar-refractivity contribution in [1.82, 2.24) is 4.98 Å². The number of fused-ring (bicyclic) bond motifs is 1. The molecule has 21 heavy (non-hydrogen) atoms. The first-order valence-electron chi connectivity index (χ1n) is 6.14. The van der Waals surface area contributed by atoms with E-state index in [2.05, 4.69) is 4.98 Å². The summed E-state index contributed by atoms with van der Waals surface area (Å²) in [5.41, 5.74) is 1.06. The molecule has 0 fully saturated rings. The van der Waals surface area contributed by atoms with E-state index >= 15 is 0 Å². The maximum atomic E-state index is 13.2. The third-order valence-electron chi connectivity index (χ3n) is 2.95. The predicted molar refractivity (Wildman–Crippen MR) is 81.1 cm³/mol. The molecule has 1 N–H and O–H groups in total. The van der Waals surface area contributed by atoms with Gasteiger partial charge in [-0.3, -0.25) is 0 Å². The van der Waals surface area contributed by atoms with Crippen LogP contribution in [0.3, 0.4) is 0 Å². The minimum Gasteiger partial charge on any atom is -0.506 e. The second-order valence-corrected chi connectivity index (χ2v) is 5.36. The third kappa shape index (κ3) is 2.49. The highest BCUT2D eigenvalue weighted by Gasteiger charge is 2.15. The molecule has 3 rings (SSSR count). The monoisotopic (exact) mass is 296 g/mol. The molecule has 0 atom stereocenters. The van der Waals surface area contributed by atoms with E-state index in [1.165, 1.54) is 29.5 Å². The smallest absolute Gasteiger partial charge is 0.143 e. The first kappa shape index (κ1) is 13.3. The van der Waals surface area contributed by atoms with Crippen molar-refractivity contribution in [2.75, 3.05) is 0 Å². The fraction of sp³-hybridized carbons (Fsp3) is 0. The fourth-order valence-corrected chi connectivity index (χ4v) is 2.92. The number of aliphatic hydroxyl groups excluding tert-OH is 1. The highest BCUT2D eigenvalue weighted by Crippen LogP contribution is 2.30. The Balaban J connectivity index is 2.17. The second-order valence-electron chi connectivity index (χ2n) is 4.33. The number of hydrogen-bond acceptors (Lipinski definition) is 4. The van der Waals surface area contributed by atoms with Crippen molar-refractivity contribution in [3.8, 4) is 6.07 Å². The largest absolute Gasteiger partial charge is 0.506 e. The highest BCUT2D eigenvalue weighted by molar-refractivity contribution is 7.19. The van der Waals surface area contributed by atoms with E-state index < -0.39 is 5.82 Å². The molecule has 0 saturated heterocycles. The number of aromatic nitrogens is 1. The van der Waals surface area contributed by atoms with Crippen LogP contribution in [0.1, 0.15) is 10.6 Å². The van der Waals surface area contributed by atoms with Crippen molar-refractivity contribution >= 4 is 32.9 Å². The first-order chi connectivity index (χ1) is 10.2. The lowest BCUT2D eigenvalue weighted by Gasteiger charge is -2.02. The number of nitriles is 1. The molecule has 0 aliphatic heterocycles. The summed E-state index contributed by atoms with van der Waals surface area (Å²) in [4.78, 5) is 4.34. The van der Waals surface area contributed by atoms with Gasteiger partial charge in [0.25, 0.3) is 0 Å². The molecule has 2 aromatic carbocycles. The number of nitrogens with zero attached hydrogens (tertiary/aromatic N) is 2. The average molecular weight is 296 g/mol. The summed E-state index contributed by atoms with van der Waals surface area (Å²) >= 11 is 1.31. The van der Waals surface area contributed by atoms with Gasteiger partial charge in [-0.2, -0.15) is 5.26 Å². The van der Waals surface area contributed by atoms with E-state index in [0.717, 1.165) is 10.2 Å². The number of hydrogen-bond donors (Lipinski definition) is 1. The van der Waals surface area contributed by atoms with Crippen LogP contribution in [0.5, 0.6) is 0 Å². The van der Waals surface area contributed by atoms with Crippen LogP contribution in [0, 0.1) is 17.1 Å². The molecule has 0 unspecified atom stereocenters. The van der Waals surface area contributed by atoms with Gasteiger partial charge in [0.2, 0.25) is 0 Å². The minimum absolute atomic E-state index is 0.0433. The zero-order valence-electron chi connectivity index (χ0n) is 10.7. The van der Waals surface area contributed by atoms with Crippen LogP contribution in [0.15, 0.2) is 48.5 Å². The van der Waals surface area contributed by atoms with Crippen molar-refractivity contribution in [2.24, 2.45) is 0 Å². The summed E-state index contributed by atoms with van der Waals surface area (Å²) in [6.07, 6.45) is 0. The molecule has 0 radical (unpaired) electrons. The number of rotatable bonds is 2. The second kappa shape index (κ2) is 5.35. The number of halogens is 1. The Hall–Kier alpha value is -2.71. The van der Waals surface area contributed by atoms with Crippen LogP contribution in [0.25, 0.3) is 21.5 Å². The summed E-state index contributed by atoms with van der Waals surface area (Å²) in [6.45, 7) is 0. The minimum atomic E-state index is -0.472. The molecule has 3 nitrogen and oxygen atoms in total. The van der Waals surface area contributed by atoms with Gasteiger partial charge in [-0.15, -0.1) is 11.3 Å². The van der Waals surface area contributed by atoms with Crippen LogP contribution in [0.2, 0.25) is 0 Å². The maximum absolute atomic E-state index is 13.2. The lowest BCUT2D eigenvalue weighted by atomic mass is 10.1. The summed E-state index contributed by atoms with van der Waals surface area (Å²) < 4.78 is 14.2. The Bertz CT molecular complexity index is 859. The number of aliphatic hydroxyl groups is 1. The van der Waals surface area contributed by atoms with E-state index in [1.807, 2.05) is 30.3 Å². The Morgan fingerprint density at radius 3 is 2.71 bits per heavy atom. The molecule has 1 heterocycles. The summed E-state index contributed by atoms with van der Waals surface area (Å²) in [6, 6.07) is 14.9. The van der Waals surface area contributed by atoms with Crippen molar-refractivity contribution in [3.05, 3.63) is 64.9 Å². The van der Waals surface area contributed by atoms with Gasteiger partial charge >= 0.3 is 0 Å². The number of para-hydroxylation sites is 1. The lowest BCUT2D eigenvalue weighted by Crippen LogP contribution is -1.90. The van der Waals surface area contributed by atoms with Gasteiger partial charge in [-0.1, -0.05) is 24.3 Å². The number of thiazole rings is 1. The summed E-state index contributed by atoms with van der Waals surface area (Å²) in [5.74, 6) is -0.739. The third-order valence-corrected chi connectivity index (χ3v) is 4.01. The Kier molecular flexibility index (Phi) is 3.38. The van der Waals surface area contributed by atoms with Crippen molar-refractivity contribution in [2.45, 2.75) is 0 Å². The molecule has 0 spiro atoms. The van der Waals surface area contributed by atoms with Gasteiger partial charge in [0.05, 0.1) is 10.2 Å². The van der Waals surface area contributed by atoms with E-state index in [0.29, 0.717) is 5.01 Å². The quantitative estimate of drug-likeness (QED) is 0.564. The maximum Gasteiger partial charge on any atom is 0.143 e. The standard InChI is InChI=1S/C16H9FN2OS/c17-11-5-3-4-10(8-11)15(20)12(9-18)16-19-13-6-1-2-7-14(13)21-16/h1-8,20H/b15-12+. The number of allylic oxidation sites excluding steroid dienone is 1. The van der Waals surface area contributed by atoms with Crippen LogP contribution in [-0.4, -0.2) is 10.1 Å². The van der Waals surface area contributed by atoms with E-state index in [4.69, 9.17) is 0 Å². The molecule has 5 heteroatoms. The van der Waals surface area contributed by atoms with Gasteiger partial charge < -0.3 is 5.11 Å². The van der Waals surface area contributed by atoms with E-state index in [-0.39, 0.29) is 16.9 Å². The molecule has 0 bridgehead atoms. The lowest BCUT2D eigenvalue weighted by molar-refractivity contribution is 0.512. The topological polar surface area (TPSA) is 56.9 Å². The molecule has 1 aromatic heterocycles. The molecule has 0 aliphatic rings. The number of benzene rings is 2. The average Bonchev–Trinajstić information content (AvgIpc) is 2.91. The van der Waals surface area contributed by atoms with Crippen molar-refractivity contribution in [1.29, 1.82) is 5.26 Å². The zero-order chi connectivity index (χ0) is 14.8. The van der Waals surface area contributed by atoms with Crippen LogP contribution < -0.4 is 0 Å². The molecule has 102 valence electrons. The van der Waals surface area contributed by atoms with Gasteiger partial charge in [0.15, 0.2) is 0 Å². The van der Waals surface area contributed by atoms with Gasteiger partial charge in [0, 0.05) is 5.56 Å². The highest BCUT2D eigenvalue weighted by atomic mass is 32.1. The first-order valence-corrected chi connectivity index (χ1v) is 6.96. The van der Waals surface area contributed by atoms with Gasteiger partial charge in [0.1, 0.15) is 28.2 Å². The Labute approximate surface area is 124 Å². The van der Waals surface area contributed by atoms with Gasteiger partial charge in [-0.05, 0) is 24.3 Å². The van der Waals surface area contributed by atoms with E-state index in [9.17, 15) is 14.8 Å². The molecular weight excluding hydrogens is 287 g/mol. The summed E-state index contributed by atoms with van der Waals surface area (Å²) in [7, 11) is 0. The van der Waals surface area contributed by atoms with E-state index in [1.54, 1.807) is 6.07 Å². The summed E-state index contributed by atoms with van der Waals surface area (Å²) in [5, 5.41) is 20.0. The predicted octanol–water partition coefficient (Wildman–Crippen LogP) is 4.39. The molecule has 0 saturated carbocycles. The van der Waals surface area contributed by atoms with Crippen molar-refractivity contribution < 1.29 is 9.50 Å². The van der Waals surface area contributed by atoms with Gasteiger partial charge in [-0.25, -0.2) is 9.37 Å². The SMILES string of the molecule is N#C/C(=C(\O)c1cccc(F)c1)c1nc2ccccc2s1. The fourth-order valence-electron chi connectivity index (χ4n) is 1.96. The molecular formula is C16H9FN2OS. The van der Waals surface area contributed by atoms with Crippen LogP contribution in [-0.2, 0) is 0 Å². The van der Waals surface area contributed by atoms with Crippen LogP contribution >= 0.6 is 11.3 Å². The Morgan fingerprint density at radius 2 is 2.00 bits per heavy atom. The molecule has 0 aliphatic carbocycles. The molecule has 3 aromatic rings. The molecule has 0 amide bonds. The Morgan fingerprint density at radius 1 is 1.19 bits per heavy atom. The van der Waals surface area contributed by atoms with Crippen LogP contribution in [0.4, 0.5) is 4.39 Å². The zero-order valence-corrected chi connectivity index (χ0v) is 11.6.